The lowest BCUT2D eigenvalue weighted by Crippen LogP contribution is -2.52. The highest BCUT2D eigenvalue weighted by Gasteiger charge is 2.34. The molecule has 0 aromatic carbocycles. The number of guanidine groups is 1. The van der Waals surface area contributed by atoms with E-state index >= 15 is 0 Å². The molecule has 0 spiro atoms. The fraction of sp³-hybridized carbons (Fsp3) is 0.846. The van der Waals surface area contributed by atoms with Crippen molar-refractivity contribution in [1.82, 2.24) is 16.0 Å². The highest BCUT2D eigenvalue weighted by molar-refractivity contribution is 14.0. The Morgan fingerprint density at radius 3 is 2.80 bits per heavy atom. The number of nitrogens with one attached hydrogen (secondary N) is 3. The third-order valence-electron chi connectivity index (χ3n) is 3.77. The molecular formula is C13H25IN4O2. The number of halogens is 1. The first kappa shape index (κ1) is 17.5. The van der Waals surface area contributed by atoms with E-state index in [0.29, 0.717) is 19.5 Å². The van der Waals surface area contributed by atoms with Crippen LogP contribution < -0.4 is 16.0 Å². The number of hydrogen-bond donors (Lipinski definition) is 4. The van der Waals surface area contributed by atoms with Gasteiger partial charge >= 0.3 is 0 Å². The second-order valence-electron chi connectivity index (χ2n) is 5.46. The molecule has 1 unspecified atom stereocenters. The molecule has 1 heterocycles. The fourth-order valence-electron chi connectivity index (χ4n) is 2.34. The van der Waals surface area contributed by atoms with Crippen molar-refractivity contribution in [3.8, 4) is 0 Å². The minimum absolute atomic E-state index is 0. The summed E-state index contributed by atoms with van der Waals surface area (Å²) in [6.45, 7) is 3.87. The summed E-state index contributed by atoms with van der Waals surface area (Å²) in [5, 5.41) is 19.4. The van der Waals surface area contributed by atoms with Gasteiger partial charge in [0.05, 0.1) is 12.1 Å². The van der Waals surface area contributed by atoms with Crippen molar-refractivity contribution < 1.29 is 9.90 Å². The minimum Gasteiger partial charge on any atom is -0.388 e. The van der Waals surface area contributed by atoms with Crippen LogP contribution in [-0.4, -0.2) is 48.3 Å². The number of nitrogens with zero attached hydrogens (tertiary/aromatic N) is 1. The molecule has 1 aliphatic heterocycles. The van der Waals surface area contributed by atoms with Gasteiger partial charge < -0.3 is 21.1 Å². The SMILES string of the molecule is CCNC(=NCC1(O)CCC1)NC1CCC(=O)NC1.I. The Bertz CT molecular complexity index is 348. The zero-order valence-electron chi connectivity index (χ0n) is 11.9. The predicted molar refractivity (Wildman–Crippen MR) is 89.4 cm³/mol. The molecule has 4 N–H and O–H groups in total. The van der Waals surface area contributed by atoms with E-state index in [1.165, 1.54) is 0 Å². The van der Waals surface area contributed by atoms with Crippen LogP contribution in [0.3, 0.4) is 0 Å². The van der Waals surface area contributed by atoms with Crippen LogP contribution in [0, 0.1) is 0 Å². The van der Waals surface area contributed by atoms with Crippen LogP contribution in [-0.2, 0) is 4.79 Å². The van der Waals surface area contributed by atoms with Crippen molar-refractivity contribution in [2.45, 2.75) is 50.7 Å². The maximum Gasteiger partial charge on any atom is 0.220 e. The molecule has 0 bridgehead atoms. The maximum atomic E-state index is 11.1. The lowest BCUT2D eigenvalue weighted by molar-refractivity contribution is -0.122. The van der Waals surface area contributed by atoms with Gasteiger partial charge in [-0.3, -0.25) is 9.79 Å². The van der Waals surface area contributed by atoms with Crippen LogP contribution in [0.2, 0.25) is 0 Å². The first-order valence-electron chi connectivity index (χ1n) is 7.15. The molecule has 0 radical (unpaired) electrons. The van der Waals surface area contributed by atoms with Gasteiger partial charge in [-0.25, -0.2) is 0 Å². The monoisotopic (exact) mass is 396 g/mol. The topological polar surface area (TPSA) is 85.8 Å². The summed E-state index contributed by atoms with van der Waals surface area (Å²) in [5.74, 6) is 0.841. The molecule has 116 valence electrons. The standard InChI is InChI=1S/C13H24N4O2.HI/c1-2-14-12(16-9-13(19)6-3-7-13)17-10-4-5-11(18)15-8-10;/h10,19H,2-9H2,1H3,(H,15,18)(H2,14,16,17);1H. The van der Waals surface area contributed by atoms with Crippen LogP contribution in [0.4, 0.5) is 0 Å². The van der Waals surface area contributed by atoms with Crippen LogP contribution in [0.25, 0.3) is 0 Å². The number of amides is 1. The first-order chi connectivity index (χ1) is 9.11. The average molecular weight is 396 g/mol. The van der Waals surface area contributed by atoms with Gasteiger partial charge in [0.1, 0.15) is 0 Å². The Morgan fingerprint density at radius 1 is 1.55 bits per heavy atom. The molecule has 7 heteroatoms. The highest BCUT2D eigenvalue weighted by Crippen LogP contribution is 2.31. The number of hydrogen-bond acceptors (Lipinski definition) is 3. The van der Waals surface area contributed by atoms with Gasteiger partial charge in [0, 0.05) is 25.6 Å². The Labute approximate surface area is 137 Å². The van der Waals surface area contributed by atoms with Crippen LogP contribution in [0.15, 0.2) is 4.99 Å². The number of piperidine rings is 1. The normalized spacial score (nSPS) is 25.0. The molecular weight excluding hydrogens is 371 g/mol. The molecule has 2 aliphatic rings. The molecule has 6 nitrogen and oxygen atoms in total. The van der Waals surface area contributed by atoms with Crippen LogP contribution >= 0.6 is 24.0 Å². The molecule has 1 aliphatic carbocycles. The Morgan fingerprint density at radius 2 is 2.30 bits per heavy atom. The smallest absolute Gasteiger partial charge is 0.220 e. The van der Waals surface area contributed by atoms with E-state index in [9.17, 15) is 9.90 Å². The summed E-state index contributed by atoms with van der Waals surface area (Å²) in [4.78, 5) is 15.6. The third-order valence-corrected chi connectivity index (χ3v) is 3.77. The second kappa shape index (κ2) is 8.02. The Balaban J connectivity index is 0.00000200. The highest BCUT2D eigenvalue weighted by atomic mass is 127. The first-order valence-corrected chi connectivity index (χ1v) is 7.15. The lowest BCUT2D eigenvalue weighted by Gasteiger charge is -2.35. The number of aliphatic imine (C=N–C) groups is 1. The van der Waals surface area contributed by atoms with Gasteiger partial charge in [-0.1, -0.05) is 0 Å². The minimum atomic E-state index is -0.594. The van der Waals surface area contributed by atoms with Crippen molar-refractivity contribution in [3.63, 3.8) is 0 Å². The van der Waals surface area contributed by atoms with E-state index in [4.69, 9.17) is 0 Å². The average Bonchev–Trinajstić information content (AvgIpc) is 2.37. The van der Waals surface area contributed by atoms with Crippen molar-refractivity contribution in [2.75, 3.05) is 19.6 Å². The molecule has 0 aromatic heterocycles. The summed E-state index contributed by atoms with van der Waals surface area (Å²) in [6, 6.07) is 0.214. The van der Waals surface area contributed by atoms with Gasteiger partial charge in [0.25, 0.3) is 0 Å². The Kier molecular flexibility index (Phi) is 7.01. The molecule has 1 atom stereocenters. The molecule has 20 heavy (non-hydrogen) atoms. The fourth-order valence-corrected chi connectivity index (χ4v) is 2.34. The molecule has 2 rings (SSSR count). The summed E-state index contributed by atoms with van der Waals surface area (Å²) >= 11 is 0. The van der Waals surface area contributed by atoms with Crippen molar-refractivity contribution in [1.29, 1.82) is 0 Å². The quantitative estimate of drug-likeness (QED) is 0.314. The number of rotatable bonds is 4. The van der Waals surface area contributed by atoms with E-state index in [-0.39, 0.29) is 35.9 Å². The zero-order valence-corrected chi connectivity index (χ0v) is 14.3. The lowest BCUT2D eigenvalue weighted by atomic mass is 9.80. The number of carbonyl (C=O) groups excluding carboxylic acids is 1. The molecule has 1 amide bonds. The predicted octanol–water partition coefficient (Wildman–Crippen LogP) is 0.353. The van der Waals surface area contributed by atoms with Gasteiger partial charge in [-0.15, -0.1) is 24.0 Å². The van der Waals surface area contributed by atoms with Gasteiger partial charge in [-0.05, 0) is 32.6 Å². The van der Waals surface area contributed by atoms with Gasteiger partial charge in [0.15, 0.2) is 5.96 Å². The maximum absolute atomic E-state index is 11.1. The molecule has 1 saturated heterocycles. The van der Waals surface area contributed by atoms with E-state index in [1.807, 2.05) is 6.92 Å². The Hall–Kier alpha value is -0.570. The third kappa shape index (κ3) is 5.08. The number of aliphatic hydroxyl groups is 1. The van der Waals surface area contributed by atoms with Gasteiger partial charge in [0.2, 0.25) is 5.91 Å². The van der Waals surface area contributed by atoms with Crippen LogP contribution in [0.1, 0.15) is 39.0 Å². The summed E-state index contributed by atoms with van der Waals surface area (Å²) < 4.78 is 0. The second-order valence-corrected chi connectivity index (χ2v) is 5.46. The number of carbonyl (C=O) groups is 1. The molecule has 0 aromatic rings. The van der Waals surface area contributed by atoms with E-state index in [2.05, 4.69) is 20.9 Å². The summed E-state index contributed by atoms with van der Waals surface area (Å²) in [6.07, 6.45) is 4.15. The van der Waals surface area contributed by atoms with E-state index in [1.54, 1.807) is 0 Å². The molecule has 1 saturated carbocycles. The largest absolute Gasteiger partial charge is 0.388 e. The zero-order chi connectivity index (χ0) is 13.7. The van der Waals surface area contributed by atoms with Crippen molar-refractivity contribution in [2.24, 2.45) is 4.99 Å². The van der Waals surface area contributed by atoms with E-state index in [0.717, 1.165) is 38.2 Å². The van der Waals surface area contributed by atoms with Crippen LogP contribution in [0.5, 0.6) is 0 Å². The van der Waals surface area contributed by atoms with Gasteiger partial charge in [-0.2, -0.15) is 0 Å². The van der Waals surface area contributed by atoms with Crippen molar-refractivity contribution in [3.05, 3.63) is 0 Å². The molecule has 2 fully saturated rings. The summed E-state index contributed by atoms with van der Waals surface area (Å²) in [5.41, 5.74) is -0.594. The van der Waals surface area contributed by atoms with Crippen molar-refractivity contribution >= 4 is 35.8 Å². The summed E-state index contributed by atoms with van der Waals surface area (Å²) in [7, 11) is 0. The van der Waals surface area contributed by atoms with E-state index < -0.39 is 5.60 Å².